The Morgan fingerprint density at radius 3 is 2.50 bits per heavy atom. The van der Waals surface area contributed by atoms with Crippen LogP contribution in [0.25, 0.3) is 0 Å². The number of nitrogens with zero attached hydrogens (tertiary/aromatic N) is 1. The van der Waals surface area contributed by atoms with Gasteiger partial charge in [0, 0.05) is 25.7 Å². The Balaban J connectivity index is 2.53. The summed E-state index contributed by atoms with van der Waals surface area (Å²) in [6, 6.07) is 3.75. The van der Waals surface area contributed by atoms with Crippen LogP contribution in [0.5, 0.6) is 5.75 Å². The highest BCUT2D eigenvalue weighted by atomic mass is 35.5. The zero-order valence-electron chi connectivity index (χ0n) is 15.4. The van der Waals surface area contributed by atoms with Crippen LogP contribution in [0.4, 0.5) is 0 Å². The van der Waals surface area contributed by atoms with E-state index in [0.29, 0.717) is 25.1 Å². The van der Waals surface area contributed by atoms with E-state index in [4.69, 9.17) is 16.3 Å². The maximum absolute atomic E-state index is 12.9. The van der Waals surface area contributed by atoms with Gasteiger partial charge in [0.2, 0.25) is 0 Å². The van der Waals surface area contributed by atoms with Crippen LogP contribution in [0.3, 0.4) is 0 Å². The average molecular weight is 382 g/mol. The number of halogens is 1. The van der Waals surface area contributed by atoms with E-state index in [1.807, 2.05) is 0 Å². The summed E-state index contributed by atoms with van der Waals surface area (Å²) in [7, 11) is 1.56. The largest absolute Gasteiger partial charge is 0.506 e. The van der Waals surface area contributed by atoms with Crippen LogP contribution >= 0.6 is 11.6 Å². The second-order valence-electron chi connectivity index (χ2n) is 7.30. The lowest BCUT2D eigenvalue weighted by Gasteiger charge is -2.29. The predicted octanol–water partition coefficient (Wildman–Crippen LogP) is 3.39. The van der Waals surface area contributed by atoms with E-state index in [0.717, 1.165) is 0 Å². The smallest absolute Gasteiger partial charge is 0.290 e. The van der Waals surface area contributed by atoms with Crippen molar-refractivity contribution in [2.24, 2.45) is 5.41 Å². The minimum atomic E-state index is -0.773. The summed E-state index contributed by atoms with van der Waals surface area (Å²) in [6.07, 6.45) is 0.550. The highest BCUT2D eigenvalue weighted by Gasteiger charge is 2.45. The normalized spacial score (nSPS) is 18.0. The summed E-state index contributed by atoms with van der Waals surface area (Å²) >= 11 is 6.02. The molecule has 0 aromatic heterocycles. The van der Waals surface area contributed by atoms with Crippen molar-refractivity contribution in [3.63, 3.8) is 0 Å². The van der Waals surface area contributed by atoms with Crippen molar-refractivity contribution in [1.29, 1.82) is 0 Å². The molecule has 2 rings (SSSR count). The van der Waals surface area contributed by atoms with E-state index in [9.17, 15) is 19.8 Å². The molecule has 7 heteroatoms. The van der Waals surface area contributed by atoms with Gasteiger partial charge in [-0.1, -0.05) is 38.4 Å². The van der Waals surface area contributed by atoms with Crippen LogP contribution < -0.4 is 0 Å². The molecule has 2 N–H and O–H groups in total. The number of phenolic OH excluding ortho intramolecular Hbond substituents is 1. The highest BCUT2D eigenvalue weighted by Crippen LogP contribution is 2.42. The molecule has 1 aliphatic rings. The zero-order valence-corrected chi connectivity index (χ0v) is 16.1. The number of hydrogen-bond donors (Lipinski definition) is 2. The number of carbonyl (C=O) groups excluding carboxylic acids is 2. The quantitative estimate of drug-likeness (QED) is 0.737. The number of methoxy groups -OCH3 is 1. The molecule has 0 saturated heterocycles. The van der Waals surface area contributed by atoms with E-state index >= 15 is 0 Å². The number of aliphatic hydroxyl groups is 1. The van der Waals surface area contributed by atoms with E-state index in [2.05, 4.69) is 0 Å². The molecular formula is C19H24ClNO5. The van der Waals surface area contributed by atoms with Crippen LogP contribution in [0, 0.1) is 5.41 Å². The fourth-order valence-corrected chi connectivity index (χ4v) is 3.13. The molecule has 0 spiro atoms. The minimum absolute atomic E-state index is 0.0571. The molecule has 0 fully saturated rings. The van der Waals surface area contributed by atoms with Crippen LogP contribution in [-0.2, 0) is 14.3 Å². The van der Waals surface area contributed by atoms with Gasteiger partial charge in [0.1, 0.15) is 5.75 Å². The van der Waals surface area contributed by atoms with Gasteiger partial charge in [-0.05, 0) is 24.1 Å². The molecule has 0 bridgehead atoms. The molecule has 1 aromatic rings. The fraction of sp³-hybridized carbons (Fsp3) is 0.474. The third-order valence-corrected chi connectivity index (χ3v) is 4.57. The monoisotopic (exact) mass is 381 g/mol. The number of hydrogen-bond acceptors (Lipinski definition) is 5. The summed E-state index contributed by atoms with van der Waals surface area (Å²) in [5.74, 6) is -1.53. The molecular weight excluding hydrogens is 358 g/mol. The fourth-order valence-electron chi connectivity index (χ4n) is 2.94. The summed E-state index contributed by atoms with van der Waals surface area (Å²) in [6.45, 7) is 5.94. The number of aliphatic hydroxyl groups excluding tert-OH is 1. The number of rotatable bonds is 6. The lowest BCUT2D eigenvalue weighted by Crippen LogP contribution is -2.34. The Hall–Kier alpha value is -2.05. The van der Waals surface area contributed by atoms with Crippen molar-refractivity contribution in [2.45, 2.75) is 33.2 Å². The lowest BCUT2D eigenvalue weighted by molar-refractivity contribution is -0.129. The molecule has 1 heterocycles. The van der Waals surface area contributed by atoms with Crippen molar-refractivity contribution in [3.05, 3.63) is 40.1 Å². The predicted molar refractivity (Wildman–Crippen MR) is 98.2 cm³/mol. The molecule has 26 heavy (non-hydrogen) atoms. The second kappa shape index (κ2) is 7.68. The standard InChI is InChI=1S/C19H24ClNO5/c1-19(2,3)17(24)14-15(11-6-7-13(22)12(20)10-11)21(8-5-9-26-4)18(25)16(14)23/h6-7,10,15,22-23H,5,8-9H2,1-4H3. The number of benzene rings is 1. The van der Waals surface area contributed by atoms with Gasteiger partial charge in [-0.25, -0.2) is 0 Å². The minimum Gasteiger partial charge on any atom is -0.506 e. The maximum Gasteiger partial charge on any atom is 0.290 e. The first-order valence-electron chi connectivity index (χ1n) is 8.35. The van der Waals surface area contributed by atoms with Gasteiger partial charge >= 0.3 is 0 Å². The number of phenols is 1. The van der Waals surface area contributed by atoms with Crippen LogP contribution in [0.1, 0.15) is 38.8 Å². The van der Waals surface area contributed by atoms with Gasteiger partial charge in [0.25, 0.3) is 5.91 Å². The van der Waals surface area contributed by atoms with Gasteiger partial charge in [0.05, 0.1) is 16.6 Å². The molecule has 0 saturated carbocycles. The third-order valence-electron chi connectivity index (χ3n) is 4.26. The number of ketones is 1. The number of aromatic hydroxyl groups is 1. The third kappa shape index (κ3) is 3.86. The number of ether oxygens (including phenoxy) is 1. The average Bonchev–Trinajstić information content (AvgIpc) is 2.81. The topological polar surface area (TPSA) is 87.1 Å². The van der Waals surface area contributed by atoms with Crippen molar-refractivity contribution < 1.29 is 24.5 Å². The van der Waals surface area contributed by atoms with Gasteiger partial charge in [0.15, 0.2) is 11.5 Å². The Kier molecular flexibility index (Phi) is 5.98. The molecule has 1 amide bonds. The maximum atomic E-state index is 12.9. The summed E-state index contributed by atoms with van der Waals surface area (Å²) in [5.41, 5.74) is -0.164. The van der Waals surface area contributed by atoms with Crippen molar-refractivity contribution in [1.82, 2.24) is 4.90 Å². The Bertz CT molecular complexity index is 751. The molecule has 6 nitrogen and oxygen atoms in total. The molecule has 1 aromatic carbocycles. The summed E-state index contributed by atoms with van der Waals surface area (Å²) < 4.78 is 5.03. The van der Waals surface area contributed by atoms with E-state index in [1.165, 1.54) is 17.0 Å². The van der Waals surface area contributed by atoms with Crippen molar-refractivity contribution in [3.8, 4) is 5.75 Å². The Morgan fingerprint density at radius 1 is 1.31 bits per heavy atom. The Morgan fingerprint density at radius 2 is 1.96 bits per heavy atom. The number of amides is 1. The van der Waals surface area contributed by atoms with Crippen molar-refractivity contribution >= 4 is 23.3 Å². The van der Waals surface area contributed by atoms with Crippen LogP contribution in [-0.4, -0.2) is 47.1 Å². The second-order valence-corrected chi connectivity index (χ2v) is 7.71. The summed E-state index contributed by atoms with van der Waals surface area (Å²) in [5, 5.41) is 20.2. The van der Waals surface area contributed by atoms with E-state index < -0.39 is 23.1 Å². The molecule has 1 aliphatic heterocycles. The van der Waals surface area contributed by atoms with Gasteiger partial charge in [-0.3, -0.25) is 9.59 Å². The molecule has 0 aliphatic carbocycles. The van der Waals surface area contributed by atoms with Gasteiger partial charge < -0.3 is 19.8 Å². The lowest BCUT2D eigenvalue weighted by atomic mass is 9.82. The van der Waals surface area contributed by atoms with Gasteiger partial charge in [-0.2, -0.15) is 0 Å². The zero-order chi connectivity index (χ0) is 19.6. The van der Waals surface area contributed by atoms with E-state index in [1.54, 1.807) is 33.9 Å². The van der Waals surface area contributed by atoms with Gasteiger partial charge in [-0.15, -0.1) is 0 Å². The SMILES string of the molecule is COCCCN1C(=O)C(O)=C(C(=O)C(C)(C)C)C1c1ccc(O)c(Cl)c1. The molecule has 1 atom stereocenters. The van der Waals surface area contributed by atoms with Crippen LogP contribution in [0.15, 0.2) is 29.5 Å². The van der Waals surface area contributed by atoms with E-state index in [-0.39, 0.29) is 22.1 Å². The first-order valence-corrected chi connectivity index (χ1v) is 8.73. The number of carbonyl (C=O) groups is 2. The van der Waals surface area contributed by atoms with Crippen molar-refractivity contribution in [2.75, 3.05) is 20.3 Å². The van der Waals surface area contributed by atoms with Crippen LogP contribution in [0.2, 0.25) is 5.02 Å². The molecule has 1 unspecified atom stereocenters. The summed E-state index contributed by atoms with van der Waals surface area (Å²) in [4.78, 5) is 27.0. The first kappa shape index (κ1) is 20.3. The first-order chi connectivity index (χ1) is 12.1. The number of Topliss-reactive ketones (excluding diaryl/α,β-unsaturated/α-hetero) is 1. The molecule has 142 valence electrons. The highest BCUT2D eigenvalue weighted by molar-refractivity contribution is 6.32. The molecule has 0 radical (unpaired) electrons. The Labute approximate surface area is 158 Å².